The van der Waals surface area contributed by atoms with Gasteiger partial charge in [-0.25, -0.2) is 9.36 Å². The van der Waals surface area contributed by atoms with Crippen LogP contribution in [-0.2, 0) is 13.2 Å². The third-order valence-corrected chi connectivity index (χ3v) is 4.48. The number of Topliss-reactive ketones (excluding diaryl/α,β-unsaturated/α-hetero) is 1. The Kier molecular flexibility index (Phi) is 3.87. The molecule has 0 aliphatic rings. The van der Waals surface area contributed by atoms with E-state index in [9.17, 15) is 27.6 Å². The number of carbonyl (C=O) groups is 1. The molecule has 0 bridgehead atoms. The van der Waals surface area contributed by atoms with E-state index >= 15 is 0 Å². The number of carbonyl (C=O) groups excluding carboxylic acids is 1. The smallest absolute Gasteiger partial charge is 0.293 e. The lowest BCUT2D eigenvalue weighted by Gasteiger charge is -2.13. The lowest BCUT2D eigenvalue weighted by Crippen LogP contribution is -2.40. The maximum Gasteiger partial charge on any atom is 0.431 e. The van der Waals surface area contributed by atoms with Crippen LogP contribution >= 0.6 is 11.5 Å². The summed E-state index contributed by atoms with van der Waals surface area (Å²) in [6, 6.07) is 4.73. The van der Waals surface area contributed by atoms with Crippen molar-refractivity contribution in [2.24, 2.45) is 7.05 Å². The highest BCUT2D eigenvalue weighted by molar-refractivity contribution is 7.13. The van der Waals surface area contributed by atoms with E-state index < -0.39 is 23.1 Å². The van der Waals surface area contributed by atoms with Crippen molar-refractivity contribution >= 4 is 27.4 Å². The van der Waals surface area contributed by atoms with Crippen molar-refractivity contribution in [2.45, 2.75) is 13.1 Å². The minimum absolute atomic E-state index is 0.0644. The van der Waals surface area contributed by atoms with E-state index in [2.05, 4.69) is 4.37 Å². The summed E-state index contributed by atoms with van der Waals surface area (Å²) in [7, 11) is 0.937. The zero-order valence-electron chi connectivity index (χ0n) is 12.9. The molecule has 0 unspecified atom stereocenters. The Morgan fingerprint density at radius 2 is 1.88 bits per heavy atom. The van der Waals surface area contributed by atoms with Gasteiger partial charge in [-0.2, -0.15) is 17.5 Å². The molecule has 0 aliphatic carbocycles. The van der Waals surface area contributed by atoms with Crippen molar-refractivity contribution in [3.63, 3.8) is 0 Å². The first kappa shape index (κ1) is 17.1. The first-order valence-electron chi connectivity index (χ1n) is 6.92. The first-order chi connectivity index (χ1) is 11.6. The zero-order valence-corrected chi connectivity index (χ0v) is 13.7. The van der Waals surface area contributed by atoms with Gasteiger partial charge in [0.25, 0.3) is 5.56 Å². The summed E-state index contributed by atoms with van der Waals surface area (Å²) in [4.78, 5) is 36.0. The van der Waals surface area contributed by atoms with Crippen LogP contribution in [0.2, 0.25) is 0 Å². The number of halogens is 3. The lowest BCUT2D eigenvalue weighted by atomic mass is 10.1. The highest BCUT2D eigenvalue weighted by atomic mass is 32.1. The molecule has 130 valence electrons. The second kappa shape index (κ2) is 5.66. The quantitative estimate of drug-likeness (QED) is 0.650. The van der Waals surface area contributed by atoms with Crippen molar-refractivity contribution in [3.05, 3.63) is 56.5 Å². The van der Waals surface area contributed by atoms with Crippen LogP contribution in [0.5, 0.6) is 0 Å². The summed E-state index contributed by atoms with van der Waals surface area (Å²) >= 11 is 1.07. The molecule has 3 aromatic rings. The van der Waals surface area contributed by atoms with Gasteiger partial charge in [-0.1, -0.05) is 0 Å². The molecule has 0 atom stereocenters. The van der Waals surface area contributed by atoms with Crippen LogP contribution in [0.1, 0.15) is 23.1 Å². The number of rotatable bonds is 2. The Morgan fingerprint density at radius 1 is 1.20 bits per heavy atom. The highest BCUT2D eigenvalue weighted by Crippen LogP contribution is 2.28. The SMILES string of the molecule is CC(=O)c1nsc2ccc(-n3c(=O)cc(C(F)(F)F)n(C)c3=O)cc12. The molecule has 0 saturated carbocycles. The van der Waals surface area contributed by atoms with Crippen LogP contribution < -0.4 is 11.2 Å². The fourth-order valence-corrected chi connectivity index (χ4v) is 3.25. The summed E-state index contributed by atoms with van der Waals surface area (Å²) < 4.78 is 44.4. The van der Waals surface area contributed by atoms with Crippen LogP contribution in [0.4, 0.5) is 13.2 Å². The van der Waals surface area contributed by atoms with Crippen molar-refractivity contribution < 1.29 is 18.0 Å². The van der Waals surface area contributed by atoms with E-state index in [0.29, 0.717) is 25.3 Å². The van der Waals surface area contributed by atoms with Gasteiger partial charge in [0.1, 0.15) is 11.4 Å². The molecule has 2 heterocycles. The maximum atomic E-state index is 12.9. The Hall–Kier alpha value is -2.75. The summed E-state index contributed by atoms with van der Waals surface area (Å²) in [6.07, 6.45) is -4.82. The number of benzene rings is 1. The molecule has 1 aromatic carbocycles. The van der Waals surface area contributed by atoms with Gasteiger partial charge >= 0.3 is 11.9 Å². The number of hydrogen-bond donors (Lipinski definition) is 0. The molecule has 0 saturated heterocycles. The topological polar surface area (TPSA) is 74.0 Å². The molecule has 10 heteroatoms. The molecular weight excluding hydrogens is 359 g/mol. The number of aromatic nitrogens is 3. The molecule has 0 aliphatic heterocycles. The van der Waals surface area contributed by atoms with E-state index in [1.165, 1.54) is 19.1 Å². The number of ketones is 1. The van der Waals surface area contributed by atoms with Gasteiger partial charge in [-0.3, -0.25) is 14.2 Å². The Morgan fingerprint density at radius 3 is 2.48 bits per heavy atom. The molecule has 3 rings (SSSR count). The minimum Gasteiger partial charge on any atom is -0.293 e. The largest absolute Gasteiger partial charge is 0.431 e. The molecule has 2 aromatic heterocycles. The predicted octanol–water partition coefficient (Wildman–Crippen LogP) is 2.37. The highest BCUT2D eigenvalue weighted by Gasteiger charge is 2.35. The normalized spacial score (nSPS) is 11.9. The lowest BCUT2D eigenvalue weighted by molar-refractivity contribution is -0.144. The fourth-order valence-electron chi connectivity index (χ4n) is 2.45. The van der Waals surface area contributed by atoms with E-state index in [0.717, 1.165) is 18.6 Å². The second-order valence-electron chi connectivity index (χ2n) is 5.31. The fraction of sp³-hybridized carbons (Fsp3) is 0.200. The predicted molar refractivity (Wildman–Crippen MR) is 85.5 cm³/mol. The standard InChI is InChI=1S/C15H10F3N3O3S/c1-7(22)13-9-5-8(3-4-10(9)25-19-13)21-12(23)6-11(15(16,17)18)20(2)14(21)24/h3-6H,1-2H3. The van der Waals surface area contributed by atoms with Crippen LogP contribution in [0, 0.1) is 0 Å². The maximum absolute atomic E-state index is 12.9. The van der Waals surface area contributed by atoms with Crippen LogP contribution in [0.15, 0.2) is 33.9 Å². The molecule has 0 radical (unpaired) electrons. The number of alkyl halides is 3. The number of nitrogens with zero attached hydrogens (tertiary/aromatic N) is 3. The van der Waals surface area contributed by atoms with Gasteiger partial charge in [0, 0.05) is 25.4 Å². The van der Waals surface area contributed by atoms with Crippen LogP contribution in [-0.4, -0.2) is 19.3 Å². The molecule has 0 amide bonds. The molecule has 0 N–H and O–H groups in total. The molecule has 0 spiro atoms. The van der Waals surface area contributed by atoms with Gasteiger partial charge in [0.15, 0.2) is 5.78 Å². The third-order valence-electron chi connectivity index (χ3n) is 3.66. The van der Waals surface area contributed by atoms with Crippen molar-refractivity contribution in [2.75, 3.05) is 0 Å². The van der Waals surface area contributed by atoms with E-state index in [-0.39, 0.29) is 17.2 Å². The molecular formula is C15H10F3N3O3S. The molecule has 6 nitrogen and oxygen atoms in total. The Labute approximate surface area is 141 Å². The second-order valence-corrected chi connectivity index (χ2v) is 6.12. The minimum atomic E-state index is -4.82. The average molecular weight is 369 g/mol. The third kappa shape index (κ3) is 2.78. The Bertz CT molecular complexity index is 1120. The number of fused-ring (bicyclic) bond motifs is 1. The van der Waals surface area contributed by atoms with Crippen molar-refractivity contribution in [1.82, 2.24) is 13.5 Å². The van der Waals surface area contributed by atoms with Crippen LogP contribution in [0.3, 0.4) is 0 Å². The van der Waals surface area contributed by atoms with Crippen LogP contribution in [0.25, 0.3) is 15.8 Å². The van der Waals surface area contributed by atoms with Gasteiger partial charge in [-0.15, -0.1) is 0 Å². The summed E-state index contributed by atoms with van der Waals surface area (Å²) in [5.74, 6) is -0.295. The van der Waals surface area contributed by atoms with Gasteiger partial charge in [-0.05, 0) is 29.7 Å². The van der Waals surface area contributed by atoms with E-state index in [1.54, 1.807) is 6.07 Å². The van der Waals surface area contributed by atoms with Crippen molar-refractivity contribution in [1.29, 1.82) is 0 Å². The number of hydrogen-bond acceptors (Lipinski definition) is 5. The monoisotopic (exact) mass is 369 g/mol. The van der Waals surface area contributed by atoms with E-state index in [4.69, 9.17) is 0 Å². The van der Waals surface area contributed by atoms with Gasteiger partial charge in [0.05, 0.1) is 10.4 Å². The summed E-state index contributed by atoms with van der Waals surface area (Å²) in [6.45, 7) is 1.32. The zero-order chi connectivity index (χ0) is 18.5. The Balaban J connectivity index is 2.31. The average Bonchev–Trinajstić information content (AvgIpc) is 2.93. The summed E-state index contributed by atoms with van der Waals surface area (Å²) in [5.41, 5.74) is -3.33. The molecule has 0 fully saturated rings. The molecule has 25 heavy (non-hydrogen) atoms. The van der Waals surface area contributed by atoms with Gasteiger partial charge < -0.3 is 0 Å². The first-order valence-corrected chi connectivity index (χ1v) is 7.69. The van der Waals surface area contributed by atoms with Gasteiger partial charge in [0.2, 0.25) is 0 Å². The van der Waals surface area contributed by atoms with Crippen molar-refractivity contribution in [3.8, 4) is 5.69 Å². The van der Waals surface area contributed by atoms with E-state index in [1.807, 2.05) is 0 Å². The summed E-state index contributed by atoms with van der Waals surface area (Å²) in [5, 5.41) is 0.434.